The SMILES string of the molecule is N#Cc1cc(-c2ccccc2)nnc1Oc1ccccc1Cl. The molecule has 0 aliphatic rings. The van der Waals surface area contributed by atoms with Crippen LogP contribution in [0.15, 0.2) is 60.7 Å². The lowest BCUT2D eigenvalue weighted by atomic mass is 10.1. The second-order valence-electron chi connectivity index (χ2n) is 4.46. The van der Waals surface area contributed by atoms with Gasteiger partial charge in [-0.05, 0) is 18.2 Å². The Labute approximate surface area is 132 Å². The van der Waals surface area contributed by atoms with E-state index in [-0.39, 0.29) is 5.88 Å². The van der Waals surface area contributed by atoms with Crippen LogP contribution in [0.1, 0.15) is 5.56 Å². The van der Waals surface area contributed by atoms with E-state index < -0.39 is 0 Å². The zero-order valence-electron chi connectivity index (χ0n) is 11.4. The van der Waals surface area contributed by atoms with E-state index in [4.69, 9.17) is 16.3 Å². The van der Waals surface area contributed by atoms with Crippen LogP contribution in [0, 0.1) is 11.3 Å². The van der Waals surface area contributed by atoms with Gasteiger partial charge in [0.25, 0.3) is 5.88 Å². The highest BCUT2D eigenvalue weighted by molar-refractivity contribution is 6.32. The van der Waals surface area contributed by atoms with Crippen LogP contribution in [0.3, 0.4) is 0 Å². The number of nitriles is 1. The fourth-order valence-corrected chi connectivity index (χ4v) is 2.09. The van der Waals surface area contributed by atoms with E-state index in [0.717, 1.165) is 5.56 Å². The van der Waals surface area contributed by atoms with Crippen molar-refractivity contribution in [2.24, 2.45) is 0 Å². The largest absolute Gasteiger partial charge is 0.435 e. The van der Waals surface area contributed by atoms with Crippen molar-refractivity contribution >= 4 is 11.6 Å². The van der Waals surface area contributed by atoms with E-state index in [1.54, 1.807) is 30.3 Å². The molecular weight excluding hydrogens is 298 g/mol. The second-order valence-corrected chi connectivity index (χ2v) is 4.87. The van der Waals surface area contributed by atoms with Gasteiger partial charge >= 0.3 is 0 Å². The summed E-state index contributed by atoms with van der Waals surface area (Å²) in [6.45, 7) is 0. The summed E-state index contributed by atoms with van der Waals surface area (Å²) >= 11 is 6.04. The Morgan fingerprint density at radius 1 is 0.955 bits per heavy atom. The van der Waals surface area contributed by atoms with E-state index in [1.807, 2.05) is 30.3 Å². The molecule has 0 amide bonds. The average molecular weight is 308 g/mol. The Hall–Kier alpha value is -2.90. The van der Waals surface area contributed by atoms with Crippen LogP contribution in [0.25, 0.3) is 11.3 Å². The second kappa shape index (κ2) is 6.25. The Morgan fingerprint density at radius 2 is 1.68 bits per heavy atom. The summed E-state index contributed by atoms with van der Waals surface area (Å²) in [6.07, 6.45) is 0. The molecule has 3 rings (SSSR count). The highest BCUT2D eigenvalue weighted by atomic mass is 35.5. The molecule has 0 fully saturated rings. The topological polar surface area (TPSA) is 58.8 Å². The fraction of sp³-hybridized carbons (Fsp3) is 0. The van der Waals surface area contributed by atoms with Crippen molar-refractivity contribution in [3.63, 3.8) is 0 Å². The number of halogens is 1. The van der Waals surface area contributed by atoms with E-state index >= 15 is 0 Å². The summed E-state index contributed by atoms with van der Waals surface area (Å²) < 4.78 is 5.59. The standard InChI is InChI=1S/C17H10ClN3O/c18-14-8-4-5-9-16(14)22-17-13(11-19)10-15(20-21-17)12-6-2-1-3-7-12/h1-10H. The van der Waals surface area contributed by atoms with Gasteiger partial charge in [0.05, 0.1) is 10.7 Å². The average Bonchev–Trinajstić information content (AvgIpc) is 2.58. The summed E-state index contributed by atoms with van der Waals surface area (Å²) in [5.74, 6) is 0.567. The summed E-state index contributed by atoms with van der Waals surface area (Å²) in [7, 11) is 0. The van der Waals surface area contributed by atoms with Crippen molar-refractivity contribution in [3.05, 3.63) is 71.2 Å². The number of para-hydroxylation sites is 1. The molecule has 0 atom stereocenters. The lowest BCUT2D eigenvalue weighted by Gasteiger charge is -2.08. The van der Waals surface area contributed by atoms with Gasteiger partial charge in [0.2, 0.25) is 0 Å². The van der Waals surface area contributed by atoms with Gasteiger partial charge in [-0.3, -0.25) is 0 Å². The molecule has 4 nitrogen and oxygen atoms in total. The van der Waals surface area contributed by atoms with Gasteiger partial charge in [0.1, 0.15) is 17.4 Å². The van der Waals surface area contributed by atoms with Crippen molar-refractivity contribution in [2.45, 2.75) is 0 Å². The van der Waals surface area contributed by atoms with Gasteiger partial charge in [0.15, 0.2) is 0 Å². The minimum absolute atomic E-state index is 0.135. The Balaban J connectivity index is 1.97. The number of aromatic nitrogens is 2. The fourth-order valence-electron chi connectivity index (χ4n) is 1.92. The summed E-state index contributed by atoms with van der Waals surface area (Å²) in [6, 6.07) is 20.2. The predicted octanol–water partition coefficient (Wildman–Crippen LogP) is 4.46. The number of nitrogens with zero attached hydrogens (tertiary/aromatic N) is 3. The molecule has 0 saturated heterocycles. The molecule has 22 heavy (non-hydrogen) atoms. The number of hydrogen-bond donors (Lipinski definition) is 0. The molecule has 0 radical (unpaired) electrons. The molecule has 0 saturated carbocycles. The van der Waals surface area contributed by atoms with Gasteiger partial charge < -0.3 is 4.74 Å². The number of rotatable bonds is 3. The zero-order valence-corrected chi connectivity index (χ0v) is 12.2. The van der Waals surface area contributed by atoms with E-state index in [9.17, 15) is 5.26 Å². The van der Waals surface area contributed by atoms with Gasteiger partial charge in [-0.2, -0.15) is 5.26 Å². The molecule has 0 unspecified atom stereocenters. The summed E-state index contributed by atoms with van der Waals surface area (Å²) in [5, 5.41) is 17.9. The first-order valence-corrected chi connectivity index (χ1v) is 6.91. The molecule has 106 valence electrons. The third-order valence-electron chi connectivity index (χ3n) is 2.99. The monoisotopic (exact) mass is 307 g/mol. The molecule has 5 heteroatoms. The molecule has 0 aliphatic heterocycles. The van der Waals surface area contributed by atoms with Crippen molar-refractivity contribution < 1.29 is 4.74 Å². The van der Waals surface area contributed by atoms with Crippen molar-refractivity contribution in [1.82, 2.24) is 10.2 Å². The van der Waals surface area contributed by atoms with Crippen molar-refractivity contribution in [2.75, 3.05) is 0 Å². The third kappa shape index (κ3) is 2.90. The molecule has 0 bridgehead atoms. The predicted molar refractivity (Wildman–Crippen MR) is 83.7 cm³/mol. The van der Waals surface area contributed by atoms with Crippen LogP contribution in [0.5, 0.6) is 11.6 Å². The van der Waals surface area contributed by atoms with Gasteiger partial charge in [-0.1, -0.05) is 54.1 Å². The molecule has 0 aliphatic carbocycles. The van der Waals surface area contributed by atoms with Crippen molar-refractivity contribution in [1.29, 1.82) is 5.26 Å². The first-order chi connectivity index (χ1) is 10.8. The maximum Gasteiger partial charge on any atom is 0.257 e. The first-order valence-electron chi connectivity index (χ1n) is 6.53. The summed E-state index contributed by atoms with van der Waals surface area (Å²) in [4.78, 5) is 0. The van der Waals surface area contributed by atoms with E-state index in [0.29, 0.717) is 22.0 Å². The minimum atomic E-state index is 0.135. The number of ether oxygens (including phenoxy) is 1. The maximum absolute atomic E-state index is 9.31. The Morgan fingerprint density at radius 3 is 2.41 bits per heavy atom. The van der Waals surface area contributed by atoms with Gasteiger partial charge in [0, 0.05) is 5.56 Å². The van der Waals surface area contributed by atoms with E-state index in [1.165, 1.54) is 0 Å². The normalized spacial score (nSPS) is 10.0. The Bertz CT molecular complexity index is 844. The van der Waals surface area contributed by atoms with E-state index in [2.05, 4.69) is 16.3 Å². The lowest BCUT2D eigenvalue weighted by Crippen LogP contribution is -1.97. The van der Waals surface area contributed by atoms with Crippen LogP contribution in [0.4, 0.5) is 0 Å². The van der Waals surface area contributed by atoms with Crippen molar-refractivity contribution in [3.8, 4) is 29.0 Å². The highest BCUT2D eigenvalue weighted by Crippen LogP contribution is 2.30. The first kappa shape index (κ1) is 14.1. The van der Waals surface area contributed by atoms with Crippen LogP contribution in [-0.2, 0) is 0 Å². The molecular formula is C17H10ClN3O. The minimum Gasteiger partial charge on any atom is -0.435 e. The summed E-state index contributed by atoms with van der Waals surface area (Å²) in [5.41, 5.74) is 1.80. The molecule has 0 N–H and O–H groups in total. The molecule has 1 aromatic heterocycles. The van der Waals surface area contributed by atoms with Crippen LogP contribution < -0.4 is 4.74 Å². The quantitative estimate of drug-likeness (QED) is 0.716. The molecule has 1 heterocycles. The molecule has 0 spiro atoms. The highest BCUT2D eigenvalue weighted by Gasteiger charge is 2.12. The van der Waals surface area contributed by atoms with Crippen LogP contribution in [0.2, 0.25) is 5.02 Å². The Kier molecular flexibility index (Phi) is 3.99. The molecule has 2 aromatic carbocycles. The van der Waals surface area contributed by atoms with Crippen LogP contribution >= 0.6 is 11.6 Å². The van der Waals surface area contributed by atoms with Gasteiger partial charge in [-0.15, -0.1) is 10.2 Å². The van der Waals surface area contributed by atoms with Crippen LogP contribution in [-0.4, -0.2) is 10.2 Å². The number of benzene rings is 2. The number of hydrogen-bond acceptors (Lipinski definition) is 4. The third-order valence-corrected chi connectivity index (χ3v) is 3.31. The maximum atomic E-state index is 9.31. The molecule has 3 aromatic rings. The lowest BCUT2D eigenvalue weighted by molar-refractivity contribution is 0.454. The zero-order chi connectivity index (χ0) is 15.4. The van der Waals surface area contributed by atoms with Gasteiger partial charge in [-0.25, -0.2) is 0 Å². The smallest absolute Gasteiger partial charge is 0.257 e.